The van der Waals surface area contributed by atoms with Crippen LogP contribution in [0.3, 0.4) is 0 Å². The molecule has 0 aliphatic rings. The highest BCUT2D eigenvalue weighted by atomic mass is 16.6. The Balaban J connectivity index is 1.60. The van der Waals surface area contributed by atoms with E-state index in [1.807, 2.05) is 0 Å². The molecule has 2 aromatic carbocycles. The number of nitrogens with one attached hydrogen (secondary N) is 2. The number of benzene rings is 2. The number of H-pyrrole nitrogens is 1. The molecule has 0 bridgehead atoms. The molecule has 0 aliphatic heterocycles. The average Bonchev–Trinajstić information content (AvgIpc) is 3.11. The molecule has 0 atom stereocenters. The number of nitro groups is 1. The standard InChI is InChI=1S/C18H19N5O2/c1-2-13-6-8-15(9-7-13)19-11-10-17-20-18(22-21-17)14-4-3-5-16(12-14)23(24)25/h3-9,12,19H,2,10-11H2,1H3,(H,20,21,22). The molecule has 0 saturated carbocycles. The predicted molar refractivity (Wildman–Crippen MR) is 96.5 cm³/mol. The third kappa shape index (κ3) is 4.20. The quantitative estimate of drug-likeness (QED) is 0.507. The number of anilines is 1. The third-order valence-electron chi connectivity index (χ3n) is 3.90. The number of hydrogen-bond acceptors (Lipinski definition) is 5. The number of non-ortho nitro benzene ring substituents is 1. The first-order chi connectivity index (χ1) is 12.2. The molecule has 0 unspecified atom stereocenters. The van der Waals surface area contributed by atoms with Gasteiger partial charge in [0, 0.05) is 36.3 Å². The molecule has 25 heavy (non-hydrogen) atoms. The summed E-state index contributed by atoms with van der Waals surface area (Å²) in [5.74, 6) is 1.20. The number of aryl methyl sites for hydroxylation is 1. The molecule has 128 valence electrons. The molecule has 0 fully saturated rings. The fourth-order valence-electron chi connectivity index (χ4n) is 2.48. The lowest BCUT2D eigenvalue weighted by molar-refractivity contribution is -0.384. The van der Waals surface area contributed by atoms with Crippen molar-refractivity contribution in [2.75, 3.05) is 11.9 Å². The molecule has 3 rings (SSSR count). The zero-order valence-electron chi connectivity index (χ0n) is 13.9. The van der Waals surface area contributed by atoms with Gasteiger partial charge in [0.25, 0.3) is 5.69 Å². The van der Waals surface area contributed by atoms with Gasteiger partial charge in [0.2, 0.25) is 0 Å². The molecule has 7 heteroatoms. The SMILES string of the molecule is CCc1ccc(NCCc2nc(-c3cccc([N+](=O)[O-])c3)n[nH]2)cc1. The molecule has 0 aliphatic carbocycles. The van der Waals surface area contributed by atoms with Gasteiger partial charge in [-0.05, 0) is 24.1 Å². The van der Waals surface area contributed by atoms with Crippen molar-refractivity contribution >= 4 is 11.4 Å². The Morgan fingerprint density at radius 2 is 2.00 bits per heavy atom. The molecule has 0 saturated heterocycles. The lowest BCUT2D eigenvalue weighted by Crippen LogP contribution is -2.06. The summed E-state index contributed by atoms with van der Waals surface area (Å²) in [7, 11) is 0. The molecule has 0 spiro atoms. The van der Waals surface area contributed by atoms with Crippen LogP contribution in [-0.4, -0.2) is 26.6 Å². The lowest BCUT2D eigenvalue weighted by atomic mass is 10.1. The number of hydrogen-bond donors (Lipinski definition) is 2. The fraction of sp³-hybridized carbons (Fsp3) is 0.222. The summed E-state index contributed by atoms with van der Waals surface area (Å²) in [4.78, 5) is 14.8. The van der Waals surface area contributed by atoms with Crippen LogP contribution in [-0.2, 0) is 12.8 Å². The van der Waals surface area contributed by atoms with Gasteiger partial charge < -0.3 is 5.32 Å². The monoisotopic (exact) mass is 337 g/mol. The number of nitro benzene ring substituents is 1. The van der Waals surface area contributed by atoms with E-state index in [0.717, 1.165) is 24.5 Å². The Morgan fingerprint density at radius 3 is 2.72 bits per heavy atom. The number of rotatable bonds is 7. The van der Waals surface area contributed by atoms with Crippen molar-refractivity contribution in [1.82, 2.24) is 15.2 Å². The number of nitrogens with zero attached hydrogens (tertiary/aromatic N) is 3. The maximum Gasteiger partial charge on any atom is 0.270 e. The van der Waals surface area contributed by atoms with Crippen LogP contribution in [0.25, 0.3) is 11.4 Å². The van der Waals surface area contributed by atoms with Gasteiger partial charge in [-0.25, -0.2) is 4.98 Å². The molecule has 0 amide bonds. The van der Waals surface area contributed by atoms with Crippen LogP contribution in [0.4, 0.5) is 11.4 Å². The summed E-state index contributed by atoms with van der Waals surface area (Å²) in [6.07, 6.45) is 1.70. The summed E-state index contributed by atoms with van der Waals surface area (Å²) in [5.41, 5.74) is 3.03. The minimum atomic E-state index is -0.426. The Bertz CT molecular complexity index is 858. The smallest absolute Gasteiger partial charge is 0.270 e. The van der Waals surface area contributed by atoms with Crippen molar-refractivity contribution in [2.24, 2.45) is 0 Å². The van der Waals surface area contributed by atoms with Crippen molar-refractivity contribution < 1.29 is 4.92 Å². The van der Waals surface area contributed by atoms with E-state index in [-0.39, 0.29) is 5.69 Å². The maximum atomic E-state index is 10.9. The van der Waals surface area contributed by atoms with Crippen LogP contribution >= 0.6 is 0 Å². The second-order valence-electron chi connectivity index (χ2n) is 5.64. The molecule has 1 aromatic heterocycles. The van der Waals surface area contributed by atoms with E-state index in [0.29, 0.717) is 17.8 Å². The molecule has 1 heterocycles. The van der Waals surface area contributed by atoms with Crippen LogP contribution in [0.2, 0.25) is 0 Å². The second kappa shape index (κ2) is 7.57. The summed E-state index contributed by atoms with van der Waals surface area (Å²) in [6.45, 7) is 2.85. The zero-order chi connectivity index (χ0) is 17.6. The molecular formula is C18H19N5O2. The normalized spacial score (nSPS) is 10.6. The van der Waals surface area contributed by atoms with Gasteiger partial charge in [-0.2, -0.15) is 5.10 Å². The van der Waals surface area contributed by atoms with Crippen molar-refractivity contribution in [3.8, 4) is 11.4 Å². The van der Waals surface area contributed by atoms with Crippen molar-refractivity contribution in [3.63, 3.8) is 0 Å². The summed E-state index contributed by atoms with van der Waals surface area (Å²) in [6, 6.07) is 14.7. The van der Waals surface area contributed by atoms with E-state index in [9.17, 15) is 10.1 Å². The van der Waals surface area contributed by atoms with Gasteiger partial charge in [-0.3, -0.25) is 15.2 Å². The van der Waals surface area contributed by atoms with E-state index in [1.165, 1.54) is 17.7 Å². The topological polar surface area (TPSA) is 96.7 Å². The fourth-order valence-corrected chi connectivity index (χ4v) is 2.48. The van der Waals surface area contributed by atoms with E-state index in [4.69, 9.17) is 0 Å². The van der Waals surface area contributed by atoms with Gasteiger partial charge >= 0.3 is 0 Å². The van der Waals surface area contributed by atoms with Gasteiger partial charge in [0.1, 0.15) is 5.82 Å². The Kier molecular flexibility index (Phi) is 5.03. The first-order valence-electron chi connectivity index (χ1n) is 8.14. The van der Waals surface area contributed by atoms with Crippen molar-refractivity contribution in [3.05, 3.63) is 70.0 Å². The van der Waals surface area contributed by atoms with Crippen LogP contribution < -0.4 is 5.32 Å². The number of aromatic amines is 1. The molecular weight excluding hydrogens is 318 g/mol. The summed E-state index contributed by atoms with van der Waals surface area (Å²) >= 11 is 0. The first kappa shape index (κ1) is 16.6. The molecule has 3 aromatic rings. The number of aromatic nitrogens is 3. The van der Waals surface area contributed by atoms with Crippen LogP contribution in [0.1, 0.15) is 18.3 Å². The van der Waals surface area contributed by atoms with Crippen LogP contribution in [0.15, 0.2) is 48.5 Å². The molecule has 0 radical (unpaired) electrons. The molecule has 2 N–H and O–H groups in total. The predicted octanol–water partition coefficient (Wildman–Crippen LogP) is 3.60. The second-order valence-corrected chi connectivity index (χ2v) is 5.64. The highest BCUT2D eigenvalue weighted by molar-refractivity contribution is 5.58. The van der Waals surface area contributed by atoms with E-state index < -0.39 is 4.92 Å². The Morgan fingerprint density at radius 1 is 1.20 bits per heavy atom. The largest absolute Gasteiger partial charge is 0.385 e. The van der Waals surface area contributed by atoms with E-state index >= 15 is 0 Å². The van der Waals surface area contributed by atoms with Crippen molar-refractivity contribution in [2.45, 2.75) is 19.8 Å². The minimum Gasteiger partial charge on any atom is -0.385 e. The van der Waals surface area contributed by atoms with Crippen LogP contribution in [0, 0.1) is 10.1 Å². The van der Waals surface area contributed by atoms with Crippen molar-refractivity contribution in [1.29, 1.82) is 0 Å². The average molecular weight is 337 g/mol. The van der Waals surface area contributed by atoms with Gasteiger partial charge in [-0.1, -0.05) is 31.2 Å². The highest BCUT2D eigenvalue weighted by Gasteiger charge is 2.10. The Hall–Kier alpha value is -3.22. The lowest BCUT2D eigenvalue weighted by Gasteiger charge is -2.05. The van der Waals surface area contributed by atoms with E-state index in [2.05, 4.69) is 51.7 Å². The first-order valence-corrected chi connectivity index (χ1v) is 8.14. The van der Waals surface area contributed by atoms with Gasteiger partial charge in [0.15, 0.2) is 5.82 Å². The highest BCUT2D eigenvalue weighted by Crippen LogP contribution is 2.20. The van der Waals surface area contributed by atoms with Crippen LogP contribution in [0.5, 0.6) is 0 Å². The third-order valence-corrected chi connectivity index (χ3v) is 3.90. The Labute approximate surface area is 145 Å². The molecule has 7 nitrogen and oxygen atoms in total. The van der Waals surface area contributed by atoms with Gasteiger partial charge in [-0.15, -0.1) is 0 Å². The summed E-state index contributed by atoms with van der Waals surface area (Å²) in [5, 5.41) is 21.2. The maximum absolute atomic E-state index is 10.9. The van der Waals surface area contributed by atoms with E-state index in [1.54, 1.807) is 12.1 Å². The zero-order valence-corrected chi connectivity index (χ0v) is 13.9. The van der Waals surface area contributed by atoms with Gasteiger partial charge in [0.05, 0.1) is 4.92 Å². The minimum absolute atomic E-state index is 0.0287. The summed E-state index contributed by atoms with van der Waals surface area (Å²) < 4.78 is 0.